The van der Waals surface area contributed by atoms with E-state index in [9.17, 15) is 4.79 Å². The minimum absolute atomic E-state index is 0.126. The van der Waals surface area contributed by atoms with E-state index < -0.39 is 0 Å². The number of carbonyl (C=O) groups is 1. The van der Waals surface area contributed by atoms with E-state index in [2.05, 4.69) is 25.8 Å². The molecule has 21 heavy (non-hydrogen) atoms. The average molecular weight is 292 g/mol. The van der Waals surface area contributed by atoms with Gasteiger partial charge in [0.15, 0.2) is 0 Å². The van der Waals surface area contributed by atoms with Crippen molar-refractivity contribution in [2.24, 2.45) is 0 Å². The van der Waals surface area contributed by atoms with Crippen LogP contribution in [0.4, 0.5) is 0 Å². The minimum atomic E-state index is 0.126. The lowest BCUT2D eigenvalue weighted by atomic mass is 10.1. The number of ether oxygens (including phenoxy) is 1. The molecule has 0 unspecified atom stereocenters. The highest BCUT2D eigenvalue weighted by molar-refractivity contribution is 5.94. The zero-order valence-corrected chi connectivity index (χ0v) is 13.8. The highest BCUT2D eigenvalue weighted by atomic mass is 16.5. The summed E-state index contributed by atoms with van der Waals surface area (Å²) in [5.41, 5.74) is 1.80. The number of hydrogen-bond acceptors (Lipinski definition) is 3. The van der Waals surface area contributed by atoms with Gasteiger partial charge in [-0.15, -0.1) is 0 Å². The van der Waals surface area contributed by atoms with Crippen LogP contribution < -0.4 is 0 Å². The Morgan fingerprint density at radius 1 is 1.19 bits per heavy atom. The molecule has 0 spiro atoms. The zero-order valence-electron chi connectivity index (χ0n) is 13.8. The predicted octanol–water partition coefficient (Wildman–Crippen LogP) is 2.64. The Balaban J connectivity index is 0.000000677. The summed E-state index contributed by atoms with van der Waals surface area (Å²) in [5.74, 6) is 0.126. The highest BCUT2D eigenvalue weighted by Gasteiger charge is 2.20. The lowest BCUT2D eigenvalue weighted by Crippen LogP contribution is -2.47. The molecular weight excluding hydrogens is 264 g/mol. The first kappa shape index (κ1) is 17.7. The third kappa shape index (κ3) is 5.86. The molecule has 0 aliphatic carbocycles. The van der Waals surface area contributed by atoms with Gasteiger partial charge in [-0.25, -0.2) is 0 Å². The summed E-state index contributed by atoms with van der Waals surface area (Å²) >= 11 is 0. The fraction of sp³-hybridized carbons (Fsp3) is 0.588. The first-order valence-electron chi connectivity index (χ1n) is 7.68. The largest absolute Gasteiger partial charge is 0.380 e. The van der Waals surface area contributed by atoms with Gasteiger partial charge in [0.25, 0.3) is 5.91 Å². The molecule has 1 saturated heterocycles. The molecule has 0 radical (unpaired) electrons. The van der Waals surface area contributed by atoms with Crippen LogP contribution in [0, 0.1) is 0 Å². The van der Waals surface area contributed by atoms with E-state index in [0.29, 0.717) is 6.61 Å². The number of benzene rings is 1. The second kappa shape index (κ2) is 9.53. The molecule has 1 heterocycles. The second-order valence-electron chi connectivity index (χ2n) is 5.44. The molecule has 1 aliphatic rings. The highest BCUT2D eigenvalue weighted by Crippen LogP contribution is 2.11. The van der Waals surface area contributed by atoms with Crippen molar-refractivity contribution in [3.8, 4) is 0 Å². The molecule has 1 aromatic rings. The van der Waals surface area contributed by atoms with Gasteiger partial charge in [0.05, 0.1) is 6.61 Å². The van der Waals surface area contributed by atoms with Crippen molar-refractivity contribution in [3.63, 3.8) is 0 Å². The zero-order chi connectivity index (χ0) is 15.7. The van der Waals surface area contributed by atoms with Crippen LogP contribution in [-0.2, 0) is 11.3 Å². The predicted molar refractivity (Wildman–Crippen MR) is 86.5 cm³/mol. The van der Waals surface area contributed by atoms with Crippen molar-refractivity contribution in [3.05, 3.63) is 35.4 Å². The Bertz CT molecular complexity index is 427. The number of methoxy groups -OCH3 is 1. The molecule has 2 rings (SSSR count). The summed E-state index contributed by atoms with van der Waals surface area (Å²) in [7, 11) is 3.75. The second-order valence-corrected chi connectivity index (χ2v) is 5.44. The van der Waals surface area contributed by atoms with E-state index in [1.165, 1.54) is 6.42 Å². The Labute approximate surface area is 128 Å². The van der Waals surface area contributed by atoms with Crippen LogP contribution in [0.3, 0.4) is 0 Å². The van der Waals surface area contributed by atoms with Gasteiger partial charge in [0, 0.05) is 38.9 Å². The smallest absolute Gasteiger partial charge is 0.253 e. The maximum atomic E-state index is 12.3. The molecule has 1 amide bonds. The van der Waals surface area contributed by atoms with Crippen LogP contribution >= 0.6 is 0 Å². The van der Waals surface area contributed by atoms with Crippen molar-refractivity contribution in [1.29, 1.82) is 0 Å². The topological polar surface area (TPSA) is 32.8 Å². The minimum Gasteiger partial charge on any atom is -0.380 e. The van der Waals surface area contributed by atoms with Gasteiger partial charge >= 0.3 is 0 Å². The van der Waals surface area contributed by atoms with Crippen molar-refractivity contribution >= 4 is 5.91 Å². The summed E-state index contributed by atoms with van der Waals surface area (Å²) < 4.78 is 5.09. The van der Waals surface area contributed by atoms with Crippen LogP contribution in [0.5, 0.6) is 0 Å². The number of amides is 1. The van der Waals surface area contributed by atoms with Crippen LogP contribution in [0.1, 0.15) is 36.2 Å². The van der Waals surface area contributed by atoms with Gasteiger partial charge in [-0.3, -0.25) is 4.79 Å². The Hall–Kier alpha value is -1.39. The molecule has 1 aliphatic heterocycles. The number of rotatable bonds is 3. The number of nitrogens with zero attached hydrogens (tertiary/aromatic N) is 2. The Morgan fingerprint density at radius 3 is 2.38 bits per heavy atom. The quantitative estimate of drug-likeness (QED) is 0.858. The average Bonchev–Trinajstić information content (AvgIpc) is 2.49. The van der Waals surface area contributed by atoms with E-state index in [0.717, 1.165) is 37.3 Å². The maximum absolute atomic E-state index is 12.3. The molecule has 1 aromatic carbocycles. The number of carbonyl (C=O) groups excluding carboxylic acids is 1. The summed E-state index contributed by atoms with van der Waals surface area (Å²) in [6.45, 7) is 8.31. The van der Waals surface area contributed by atoms with Crippen LogP contribution in [0.2, 0.25) is 0 Å². The van der Waals surface area contributed by atoms with E-state index in [1.54, 1.807) is 7.11 Å². The summed E-state index contributed by atoms with van der Waals surface area (Å²) in [6, 6.07) is 7.69. The van der Waals surface area contributed by atoms with Gasteiger partial charge in [0.2, 0.25) is 0 Å². The van der Waals surface area contributed by atoms with E-state index >= 15 is 0 Å². The monoisotopic (exact) mass is 292 g/mol. The normalized spacial score (nSPS) is 15.3. The fourth-order valence-electron chi connectivity index (χ4n) is 2.15. The maximum Gasteiger partial charge on any atom is 0.253 e. The third-order valence-corrected chi connectivity index (χ3v) is 3.28. The summed E-state index contributed by atoms with van der Waals surface area (Å²) in [5, 5.41) is 0. The molecule has 4 heteroatoms. The molecule has 1 fully saturated rings. The molecular formula is C17H28N2O2. The van der Waals surface area contributed by atoms with Gasteiger partial charge in [-0.1, -0.05) is 32.4 Å². The van der Waals surface area contributed by atoms with Crippen molar-refractivity contribution in [1.82, 2.24) is 9.80 Å². The van der Waals surface area contributed by atoms with Gasteiger partial charge < -0.3 is 14.5 Å². The first-order chi connectivity index (χ1) is 10.1. The van der Waals surface area contributed by atoms with E-state index in [4.69, 9.17) is 4.74 Å². The van der Waals surface area contributed by atoms with Gasteiger partial charge in [-0.05, 0) is 24.7 Å². The fourth-order valence-corrected chi connectivity index (χ4v) is 2.15. The standard InChI is InChI=1S/C14H20N2O2.C3H8/c1-15-6-8-16(9-7-15)14(17)13-5-3-4-12(10-13)11-18-2;1-3-2/h3-5,10H,6-9,11H2,1-2H3;3H2,1-2H3. The SMILES string of the molecule is CCC.COCc1cccc(C(=O)N2CCN(C)CC2)c1. The van der Waals surface area contributed by atoms with Crippen molar-refractivity contribution < 1.29 is 9.53 Å². The number of piperazine rings is 1. The molecule has 0 bridgehead atoms. The molecule has 4 nitrogen and oxygen atoms in total. The molecule has 0 aromatic heterocycles. The van der Waals surface area contributed by atoms with E-state index in [-0.39, 0.29) is 5.91 Å². The van der Waals surface area contributed by atoms with Crippen molar-refractivity contribution in [2.75, 3.05) is 40.3 Å². The first-order valence-corrected chi connectivity index (χ1v) is 7.68. The third-order valence-electron chi connectivity index (χ3n) is 3.28. The summed E-state index contributed by atoms with van der Waals surface area (Å²) in [4.78, 5) is 16.5. The molecule has 0 N–H and O–H groups in total. The summed E-state index contributed by atoms with van der Waals surface area (Å²) in [6.07, 6.45) is 1.25. The Morgan fingerprint density at radius 2 is 1.81 bits per heavy atom. The molecule has 118 valence electrons. The lowest BCUT2D eigenvalue weighted by molar-refractivity contribution is 0.0664. The lowest BCUT2D eigenvalue weighted by Gasteiger charge is -2.32. The van der Waals surface area contributed by atoms with Crippen molar-refractivity contribution in [2.45, 2.75) is 26.9 Å². The van der Waals surface area contributed by atoms with Gasteiger partial charge in [-0.2, -0.15) is 0 Å². The molecule has 0 saturated carbocycles. The van der Waals surface area contributed by atoms with Crippen LogP contribution in [-0.4, -0.2) is 56.0 Å². The van der Waals surface area contributed by atoms with Crippen LogP contribution in [0.25, 0.3) is 0 Å². The Kier molecular flexibility index (Phi) is 8.01. The number of likely N-dealkylation sites (N-methyl/N-ethyl adjacent to an activating group) is 1. The van der Waals surface area contributed by atoms with Gasteiger partial charge in [0.1, 0.15) is 0 Å². The number of hydrogen-bond donors (Lipinski definition) is 0. The van der Waals surface area contributed by atoms with Crippen LogP contribution in [0.15, 0.2) is 24.3 Å². The molecule has 0 atom stereocenters. The van der Waals surface area contributed by atoms with E-state index in [1.807, 2.05) is 29.2 Å².